The molecule has 7 nitrogen and oxygen atoms in total. The molecule has 0 saturated carbocycles. The van der Waals surface area contributed by atoms with Crippen LogP contribution in [0.5, 0.6) is 0 Å². The van der Waals surface area contributed by atoms with Crippen LogP contribution in [0.1, 0.15) is 31.1 Å². The van der Waals surface area contributed by atoms with Crippen molar-refractivity contribution in [2.45, 2.75) is 32.4 Å². The van der Waals surface area contributed by atoms with Crippen LogP contribution < -0.4 is 5.32 Å². The molecule has 8 heteroatoms. The van der Waals surface area contributed by atoms with Gasteiger partial charge < -0.3 is 15.4 Å². The van der Waals surface area contributed by atoms with Crippen LogP contribution in [-0.4, -0.2) is 42.6 Å². The molecule has 1 atom stereocenters. The Morgan fingerprint density at radius 2 is 2.22 bits per heavy atom. The van der Waals surface area contributed by atoms with Crippen LogP contribution in [0, 0.1) is 0 Å². The van der Waals surface area contributed by atoms with Crippen molar-refractivity contribution in [3.63, 3.8) is 0 Å². The normalized spacial score (nSPS) is 13.2. The third-order valence-corrected chi connectivity index (χ3v) is 4.48. The fourth-order valence-corrected chi connectivity index (χ4v) is 2.56. The summed E-state index contributed by atoms with van der Waals surface area (Å²) in [6.07, 6.45) is 4.89. The number of carbonyl (C=O) groups excluding carboxylic acids is 1. The van der Waals surface area contributed by atoms with E-state index >= 15 is 0 Å². The van der Waals surface area contributed by atoms with E-state index < -0.39 is 11.6 Å². The van der Waals surface area contributed by atoms with E-state index in [0.29, 0.717) is 22.4 Å². The Balaban J connectivity index is 1.95. The lowest BCUT2D eigenvalue weighted by molar-refractivity contribution is 0.0409. The average Bonchev–Trinajstić information content (AvgIpc) is 3.15. The first-order valence-corrected chi connectivity index (χ1v) is 8.01. The lowest BCUT2D eigenvalue weighted by atomic mass is 10.0. The van der Waals surface area contributed by atoms with Crippen molar-refractivity contribution in [3.8, 4) is 10.7 Å². The number of fused-ring (bicyclic) bond motifs is 1. The molecular weight excluding hydrogens is 314 g/mol. The number of aromatic amines is 1. The average molecular weight is 331 g/mol. The highest BCUT2D eigenvalue weighted by atomic mass is 32.1. The van der Waals surface area contributed by atoms with Crippen molar-refractivity contribution in [2.75, 3.05) is 0 Å². The molecule has 0 spiro atoms. The maximum atomic E-state index is 12.5. The number of amides is 1. The number of carbonyl (C=O) groups is 1. The number of rotatable bonds is 4. The summed E-state index contributed by atoms with van der Waals surface area (Å²) in [6, 6.07) is -0.407. The molecule has 0 bridgehead atoms. The highest BCUT2D eigenvalue weighted by Crippen LogP contribution is 2.22. The Bertz CT molecular complexity index is 835. The Kier molecular flexibility index (Phi) is 3.87. The smallest absolute Gasteiger partial charge is 0.255 e. The van der Waals surface area contributed by atoms with Crippen molar-refractivity contribution >= 4 is 28.4 Å². The molecule has 3 rings (SSSR count). The Labute approximate surface area is 136 Å². The van der Waals surface area contributed by atoms with E-state index in [4.69, 9.17) is 0 Å². The summed E-state index contributed by atoms with van der Waals surface area (Å²) in [5.41, 5.74) is 1.02. The van der Waals surface area contributed by atoms with Crippen LogP contribution in [0.3, 0.4) is 0 Å². The first kappa shape index (κ1) is 15.6. The predicted molar refractivity (Wildman–Crippen MR) is 88.2 cm³/mol. The SMILES string of the molecule is CC(NC(=O)c1c[nH]c2ncc(-c3nccs3)nc12)C(C)(C)O. The third-order valence-electron chi connectivity index (χ3n) is 3.68. The lowest BCUT2D eigenvalue weighted by Crippen LogP contribution is -2.47. The van der Waals surface area contributed by atoms with Crippen LogP contribution in [0.4, 0.5) is 0 Å². The van der Waals surface area contributed by atoms with Gasteiger partial charge >= 0.3 is 0 Å². The quantitative estimate of drug-likeness (QED) is 0.678. The van der Waals surface area contributed by atoms with Gasteiger partial charge in [-0.2, -0.15) is 0 Å². The molecular formula is C15H17N5O2S. The number of aliphatic hydroxyl groups is 1. The molecule has 3 N–H and O–H groups in total. The van der Waals surface area contributed by atoms with E-state index in [-0.39, 0.29) is 5.91 Å². The van der Waals surface area contributed by atoms with Gasteiger partial charge in [0.05, 0.1) is 23.4 Å². The summed E-state index contributed by atoms with van der Waals surface area (Å²) in [7, 11) is 0. The van der Waals surface area contributed by atoms with Crippen molar-refractivity contribution in [1.29, 1.82) is 0 Å². The summed E-state index contributed by atoms with van der Waals surface area (Å²) in [6.45, 7) is 5.04. The molecule has 23 heavy (non-hydrogen) atoms. The summed E-state index contributed by atoms with van der Waals surface area (Å²) < 4.78 is 0. The fraction of sp³-hybridized carbons (Fsp3) is 0.333. The van der Waals surface area contributed by atoms with E-state index in [9.17, 15) is 9.90 Å². The predicted octanol–water partition coefficient (Wildman–Crippen LogP) is 1.97. The molecule has 0 radical (unpaired) electrons. The molecule has 1 amide bonds. The first-order valence-electron chi connectivity index (χ1n) is 7.13. The lowest BCUT2D eigenvalue weighted by Gasteiger charge is -2.26. The molecule has 1 unspecified atom stereocenters. The minimum atomic E-state index is -1.01. The second-order valence-electron chi connectivity index (χ2n) is 5.84. The topological polar surface area (TPSA) is 104 Å². The summed E-state index contributed by atoms with van der Waals surface area (Å²) in [4.78, 5) is 28.4. The van der Waals surface area contributed by atoms with Gasteiger partial charge in [0.25, 0.3) is 5.91 Å². The Morgan fingerprint density at radius 3 is 2.87 bits per heavy atom. The van der Waals surface area contributed by atoms with Gasteiger partial charge in [-0.05, 0) is 20.8 Å². The maximum absolute atomic E-state index is 12.5. The molecule has 3 aromatic rings. The minimum absolute atomic E-state index is 0.309. The van der Waals surface area contributed by atoms with Crippen LogP contribution in [0.15, 0.2) is 24.0 Å². The second kappa shape index (κ2) is 5.71. The van der Waals surface area contributed by atoms with Gasteiger partial charge in [0.15, 0.2) is 5.65 Å². The zero-order chi connectivity index (χ0) is 16.6. The number of hydrogen-bond acceptors (Lipinski definition) is 6. The van der Waals surface area contributed by atoms with Gasteiger partial charge in [-0.1, -0.05) is 0 Å². The molecule has 3 heterocycles. The van der Waals surface area contributed by atoms with Crippen molar-refractivity contribution < 1.29 is 9.90 Å². The fourth-order valence-electron chi connectivity index (χ4n) is 1.97. The van der Waals surface area contributed by atoms with Gasteiger partial charge in [-0.3, -0.25) is 4.79 Å². The van der Waals surface area contributed by atoms with Crippen molar-refractivity contribution in [1.82, 2.24) is 25.3 Å². The molecule has 0 fully saturated rings. The molecule has 0 aliphatic heterocycles. The number of nitrogens with zero attached hydrogens (tertiary/aromatic N) is 3. The zero-order valence-corrected chi connectivity index (χ0v) is 13.8. The van der Waals surface area contributed by atoms with E-state index in [1.54, 1.807) is 39.4 Å². The zero-order valence-electron chi connectivity index (χ0n) is 13.0. The highest BCUT2D eigenvalue weighted by Gasteiger charge is 2.25. The van der Waals surface area contributed by atoms with Crippen LogP contribution in [0.2, 0.25) is 0 Å². The van der Waals surface area contributed by atoms with Gasteiger partial charge in [-0.15, -0.1) is 11.3 Å². The number of hydrogen-bond donors (Lipinski definition) is 3. The van der Waals surface area contributed by atoms with Crippen LogP contribution >= 0.6 is 11.3 Å². The van der Waals surface area contributed by atoms with Gasteiger partial charge in [-0.25, -0.2) is 15.0 Å². The first-order chi connectivity index (χ1) is 10.9. The largest absolute Gasteiger partial charge is 0.388 e. The molecule has 120 valence electrons. The summed E-state index contributed by atoms with van der Waals surface area (Å²) in [5, 5.41) is 15.3. The van der Waals surface area contributed by atoms with Gasteiger partial charge in [0, 0.05) is 17.8 Å². The monoisotopic (exact) mass is 331 g/mol. The van der Waals surface area contributed by atoms with Crippen LogP contribution in [0.25, 0.3) is 21.9 Å². The van der Waals surface area contributed by atoms with Crippen molar-refractivity contribution in [3.05, 3.63) is 29.5 Å². The maximum Gasteiger partial charge on any atom is 0.255 e. The minimum Gasteiger partial charge on any atom is -0.388 e. The Hall–Kier alpha value is -2.32. The van der Waals surface area contributed by atoms with E-state index in [1.807, 2.05) is 5.38 Å². The van der Waals surface area contributed by atoms with E-state index in [1.165, 1.54) is 11.3 Å². The van der Waals surface area contributed by atoms with Gasteiger partial charge in [0.1, 0.15) is 16.2 Å². The molecule has 0 aromatic carbocycles. The summed E-state index contributed by atoms with van der Waals surface area (Å²) >= 11 is 1.46. The molecule has 3 aromatic heterocycles. The molecule has 0 saturated heterocycles. The van der Waals surface area contributed by atoms with Gasteiger partial charge in [0.2, 0.25) is 0 Å². The molecule has 0 aliphatic carbocycles. The summed E-state index contributed by atoms with van der Waals surface area (Å²) in [5.74, 6) is -0.309. The molecule has 0 aliphatic rings. The number of nitrogens with one attached hydrogen (secondary N) is 2. The Morgan fingerprint density at radius 1 is 1.43 bits per heavy atom. The number of thiazole rings is 1. The second-order valence-corrected chi connectivity index (χ2v) is 6.74. The number of H-pyrrole nitrogens is 1. The standard InChI is InChI=1S/C15H17N5O2S/c1-8(15(2,3)22)19-13(21)9-6-17-12-11(9)20-10(7-18-12)14-16-4-5-23-14/h4-8,22H,1-3H3,(H,17,18)(H,19,21). The third kappa shape index (κ3) is 3.08. The van der Waals surface area contributed by atoms with E-state index in [2.05, 4.69) is 25.3 Å². The highest BCUT2D eigenvalue weighted by molar-refractivity contribution is 7.13. The van der Waals surface area contributed by atoms with Crippen LogP contribution in [-0.2, 0) is 0 Å². The van der Waals surface area contributed by atoms with Crippen molar-refractivity contribution in [2.24, 2.45) is 0 Å². The van der Waals surface area contributed by atoms with E-state index in [0.717, 1.165) is 5.01 Å². The number of aromatic nitrogens is 4.